The van der Waals surface area contributed by atoms with Crippen LogP contribution in [0.1, 0.15) is 0 Å². The van der Waals surface area contributed by atoms with E-state index in [0.29, 0.717) is 0 Å². The van der Waals surface area contributed by atoms with Crippen molar-refractivity contribution in [1.29, 1.82) is 0 Å². The second-order valence-electron chi connectivity index (χ2n) is 0.638. The van der Waals surface area contributed by atoms with Gasteiger partial charge in [-0.3, -0.25) is 5.21 Å². The Labute approximate surface area is 49.9 Å². The molecule has 0 spiro atoms. The van der Waals surface area contributed by atoms with Gasteiger partial charge in [-0.1, -0.05) is 0 Å². The molecule has 1 N–H and O–H groups in total. The van der Waals surface area contributed by atoms with Crippen LogP contribution in [0.5, 0.6) is 0 Å². The maximum Gasteiger partial charge on any atom is 0.336 e. The lowest BCUT2D eigenvalue weighted by atomic mass is 13.5. The highest BCUT2D eigenvalue weighted by Crippen LogP contribution is 2.03. The molecule has 4 nitrogen and oxygen atoms in total. The third-order valence-corrected chi connectivity index (χ3v) is 1.69. The van der Waals surface area contributed by atoms with Gasteiger partial charge >= 0.3 is 9.24 Å². The Bertz CT molecular complexity index is 135. The first-order chi connectivity index (χ1) is 2.94. The van der Waals surface area contributed by atoms with Crippen molar-refractivity contribution in [3.63, 3.8) is 0 Å². The van der Waals surface area contributed by atoms with Crippen molar-refractivity contribution in [2.24, 2.45) is 0 Å². The Morgan fingerprint density at radius 1 is 1.57 bits per heavy atom. The molecule has 0 amide bonds. The smallest absolute Gasteiger partial charge is 0.284 e. The van der Waals surface area contributed by atoms with E-state index in [4.69, 9.17) is 5.21 Å². The van der Waals surface area contributed by atoms with Crippen LogP contribution in [0.15, 0.2) is 0 Å². The zero-order valence-electron chi connectivity index (χ0n) is 2.88. The molecule has 0 aliphatic carbocycles. The minimum absolute atomic E-state index is 0.603. The van der Waals surface area contributed by atoms with Gasteiger partial charge in [0.05, 0.1) is 0 Å². The van der Waals surface area contributed by atoms with Gasteiger partial charge < -0.3 is 0 Å². The predicted octanol–water partition coefficient (Wildman–Crippen LogP) is 0.315. The van der Waals surface area contributed by atoms with Crippen LogP contribution in [0.25, 0.3) is 0 Å². The SMILES string of the molecule is O=S(=O)(Cl)N(O)Cl. The normalized spacial score (nSPS) is 12.6. The highest BCUT2D eigenvalue weighted by atomic mass is 35.7. The molecule has 0 radical (unpaired) electrons. The quantitative estimate of drug-likeness (QED) is 0.346. The van der Waals surface area contributed by atoms with Gasteiger partial charge in [-0.15, -0.1) is 0 Å². The fourth-order valence-electron chi connectivity index (χ4n) is 0. The van der Waals surface area contributed by atoms with Crippen molar-refractivity contribution < 1.29 is 13.6 Å². The highest BCUT2D eigenvalue weighted by molar-refractivity contribution is 8.12. The first-order valence-corrected chi connectivity index (χ1v) is 3.64. The molecule has 7 heteroatoms. The van der Waals surface area contributed by atoms with Gasteiger partial charge in [-0.25, -0.2) is 0 Å². The number of hydrogen-bond acceptors (Lipinski definition) is 3. The van der Waals surface area contributed by atoms with Gasteiger partial charge in [0.15, 0.2) is 0 Å². The van der Waals surface area contributed by atoms with Gasteiger partial charge in [0.1, 0.15) is 0 Å². The molecule has 0 unspecified atom stereocenters. The summed E-state index contributed by atoms with van der Waals surface area (Å²) >= 11 is 4.42. The summed E-state index contributed by atoms with van der Waals surface area (Å²) in [6.07, 6.45) is 0. The fraction of sp³-hybridized carbons (Fsp3) is 0. The van der Waals surface area contributed by atoms with E-state index in [1.807, 2.05) is 0 Å². The van der Waals surface area contributed by atoms with E-state index in [1.54, 1.807) is 0 Å². The maximum atomic E-state index is 9.64. The molecule has 44 valence electrons. The van der Waals surface area contributed by atoms with Gasteiger partial charge in [-0.05, 0) is 0 Å². The molecule has 0 rings (SSSR count). The van der Waals surface area contributed by atoms with Gasteiger partial charge in [0.25, 0.3) is 0 Å². The zero-order valence-corrected chi connectivity index (χ0v) is 5.20. The first kappa shape index (κ1) is 7.45. The van der Waals surface area contributed by atoms with Gasteiger partial charge in [0, 0.05) is 26.4 Å². The van der Waals surface area contributed by atoms with Crippen molar-refractivity contribution in [3.8, 4) is 0 Å². The second-order valence-corrected chi connectivity index (χ2v) is 3.50. The largest absolute Gasteiger partial charge is 0.336 e. The fourth-order valence-corrected chi connectivity index (χ4v) is 0. The summed E-state index contributed by atoms with van der Waals surface area (Å²) in [6.45, 7) is 0. The lowest BCUT2D eigenvalue weighted by molar-refractivity contribution is 0.102. The summed E-state index contributed by atoms with van der Waals surface area (Å²) in [5.74, 6) is 0. The number of hydrogen-bond donors (Lipinski definition) is 1. The molecule has 0 heterocycles. The van der Waals surface area contributed by atoms with Crippen LogP contribution in [0.3, 0.4) is 0 Å². The Morgan fingerprint density at radius 3 is 1.71 bits per heavy atom. The van der Waals surface area contributed by atoms with E-state index in [0.717, 1.165) is 0 Å². The molecule has 0 aromatic carbocycles. The van der Waals surface area contributed by atoms with Crippen molar-refractivity contribution in [2.45, 2.75) is 0 Å². The molecule has 0 aromatic heterocycles. The van der Waals surface area contributed by atoms with E-state index >= 15 is 0 Å². The third-order valence-electron chi connectivity index (χ3n) is 0.180. The molecule has 0 bridgehead atoms. The van der Waals surface area contributed by atoms with Crippen molar-refractivity contribution in [3.05, 3.63) is 0 Å². The van der Waals surface area contributed by atoms with Crippen molar-refractivity contribution >= 4 is 31.7 Å². The summed E-state index contributed by atoms with van der Waals surface area (Å²) in [5.41, 5.74) is 0. The van der Waals surface area contributed by atoms with Gasteiger partial charge in [0.2, 0.25) is 0 Å². The van der Waals surface area contributed by atoms with E-state index < -0.39 is 13.2 Å². The van der Waals surface area contributed by atoms with Crippen molar-refractivity contribution in [2.75, 3.05) is 0 Å². The Hall–Kier alpha value is 0.450. The summed E-state index contributed by atoms with van der Waals surface area (Å²) < 4.78 is 18.7. The monoisotopic (exact) mass is 165 g/mol. The Kier molecular flexibility index (Phi) is 2.28. The molecular weight excluding hydrogens is 165 g/mol. The molecule has 0 aliphatic heterocycles. The summed E-state index contributed by atoms with van der Waals surface area (Å²) in [5, 5.41) is 7.77. The van der Waals surface area contributed by atoms with Crippen LogP contribution in [0.2, 0.25) is 0 Å². The minimum Gasteiger partial charge on any atom is -0.284 e. The Morgan fingerprint density at radius 2 is 1.71 bits per heavy atom. The summed E-state index contributed by atoms with van der Waals surface area (Å²) in [7, 11) is 0.270. The van der Waals surface area contributed by atoms with Crippen molar-refractivity contribution in [1.82, 2.24) is 3.99 Å². The van der Waals surface area contributed by atoms with E-state index in [9.17, 15) is 8.42 Å². The second kappa shape index (κ2) is 2.15. The van der Waals surface area contributed by atoms with Crippen LogP contribution in [0, 0.1) is 0 Å². The molecular formula is HCl2NO3S. The molecule has 0 saturated heterocycles. The lowest BCUT2D eigenvalue weighted by Crippen LogP contribution is -2.09. The maximum absolute atomic E-state index is 9.64. The average Bonchev–Trinajstić information content (AvgIpc) is 1.31. The van der Waals surface area contributed by atoms with E-state index in [2.05, 4.69) is 22.5 Å². The molecule has 0 saturated carbocycles. The van der Waals surface area contributed by atoms with Crippen LogP contribution in [-0.4, -0.2) is 17.6 Å². The Balaban J connectivity index is 4.10. The van der Waals surface area contributed by atoms with E-state index in [1.165, 1.54) is 0 Å². The van der Waals surface area contributed by atoms with E-state index in [-0.39, 0.29) is 0 Å². The third kappa shape index (κ3) is 3.07. The number of halogens is 2. The number of nitrogens with zero attached hydrogens (tertiary/aromatic N) is 1. The van der Waals surface area contributed by atoms with Gasteiger partial charge in [-0.2, -0.15) is 8.42 Å². The molecule has 0 fully saturated rings. The van der Waals surface area contributed by atoms with Crippen LogP contribution < -0.4 is 0 Å². The summed E-state index contributed by atoms with van der Waals surface area (Å²) in [4.78, 5) is 0. The standard InChI is InChI=1S/Cl2HNO3S/c1-3(4)7(2,5)6/h4H. The highest BCUT2D eigenvalue weighted by Gasteiger charge is 2.11. The summed E-state index contributed by atoms with van der Waals surface area (Å²) in [6, 6.07) is 0. The van der Waals surface area contributed by atoms with Crippen LogP contribution in [-0.2, 0) is 9.24 Å². The topological polar surface area (TPSA) is 57.6 Å². The zero-order chi connectivity index (χ0) is 6.08. The lowest BCUT2D eigenvalue weighted by Gasteiger charge is -1.93. The molecule has 0 aliphatic rings. The minimum atomic E-state index is -4.11. The first-order valence-electron chi connectivity index (χ1n) is 1.04. The average molecular weight is 166 g/mol. The molecule has 0 atom stereocenters. The molecule has 7 heavy (non-hydrogen) atoms. The van der Waals surface area contributed by atoms with Crippen LogP contribution in [0.4, 0.5) is 0 Å². The number of rotatable bonds is 1. The predicted molar refractivity (Wildman–Crippen MR) is 24.3 cm³/mol. The molecule has 0 aromatic rings. The van der Waals surface area contributed by atoms with Crippen LogP contribution >= 0.6 is 22.5 Å².